The Hall–Kier alpha value is -0.450. The number of ether oxygens (including phenoxy) is 1. The van der Waals surface area contributed by atoms with Crippen LogP contribution in [0.3, 0.4) is 0 Å². The highest BCUT2D eigenvalue weighted by Crippen LogP contribution is 2.37. The SMILES string of the molecule is FC(F)(F)Oc1cc(C(F)(F)F)c(CCl)nc1I. The van der Waals surface area contributed by atoms with E-state index in [1.54, 1.807) is 0 Å². The van der Waals surface area contributed by atoms with E-state index in [0.29, 0.717) is 0 Å². The predicted octanol–water partition coefficient (Wildman–Crippen LogP) is 4.34. The van der Waals surface area contributed by atoms with Crippen LogP contribution in [0, 0.1) is 3.70 Å². The number of hydrogen-bond acceptors (Lipinski definition) is 2. The maximum absolute atomic E-state index is 12.5. The van der Waals surface area contributed by atoms with E-state index in [-0.39, 0.29) is 9.77 Å². The first-order valence-electron chi connectivity index (χ1n) is 4.13. The van der Waals surface area contributed by atoms with Crippen LogP contribution in [-0.2, 0) is 12.1 Å². The Morgan fingerprint density at radius 2 is 1.78 bits per heavy atom. The molecule has 0 aliphatic rings. The molecule has 0 spiro atoms. The van der Waals surface area contributed by atoms with Crippen molar-refractivity contribution in [3.05, 3.63) is 21.0 Å². The van der Waals surface area contributed by atoms with Crippen LogP contribution >= 0.6 is 34.2 Å². The second-order valence-electron chi connectivity index (χ2n) is 2.95. The van der Waals surface area contributed by atoms with E-state index in [2.05, 4.69) is 9.72 Å². The molecule has 0 fully saturated rings. The molecular formula is C8H3ClF6INO. The topological polar surface area (TPSA) is 22.1 Å². The molecule has 1 rings (SSSR count). The molecule has 0 amide bonds. The van der Waals surface area contributed by atoms with Crippen molar-refractivity contribution in [2.75, 3.05) is 0 Å². The van der Waals surface area contributed by atoms with Gasteiger partial charge in [0.1, 0.15) is 3.70 Å². The van der Waals surface area contributed by atoms with Gasteiger partial charge in [0.2, 0.25) is 0 Å². The van der Waals surface area contributed by atoms with Gasteiger partial charge in [0.05, 0.1) is 17.1 Å². The Kier molecular flexibility index (Phi) is 4.57. The lowest BCUT2D eigenvalue weighted by Gasteiger charge is -2.15. The highest BCUT2D eigenvalue weighted by molar-refractivity contribution is 14.1. The van der Waals surface area contributed by atoms with Crippen LogP contribution in [0.2, 0.25) is 0 Å². The van der Waals surface area contributed by atoms with Crippen molar-refractivity contribution in [3.63, 3.8) is 0 Å². The highest BCUT2D eigenvalue weighted by Gasteiger charge is 2.38. The van der Waals surface area contributed by atoms with Crippen LogP contribution in [0.1, 0.15) is 11.3 Å². The fraction of sp³-hybridized carbons (Fsp3) is 0.375. The number of pyridine rings is 1. The first-order valence-corrected chi connectivity index (χ1v) is 5.74. The maximum atomic E-state index is 12.5. The molecule has 1 heterocycles. The van der Waals surface area contributed by atoms with Crippen molar-refractivity contribution in [2.45, 2.75) is 18.4 Å². The van der Waals surface area contributed by atoms with Crippen LogP contribution in [0.25, 0.3) is 0 Å². The van der Waals surface area contributed by atoms with Gasteiger partial charge in [-0.1, -0.05) is 0 Å². The molecule has 0 unspecified atom stereocenters. The van der Waals surface area contributed by atoms with Crippen LogP contribution < -0.4 is 4.74 Å². The van der Waals surface area contributed by atoms with Gasteiger partial charge in [0, 0.05) is 0 Å². The van der Waals surface area contributed by atoms with E-state index >= 15 is 0 Å². The lowest BCUT2D eigenvalue weighted by atomic mass is 10.2. The van der Waals surface area contributed by atoms with Gasteiger partial charge in [-0.2, -0.15) is 13.2 Å². The molecule has 0 aromatic carbocycles. The van der Waals surface area contributed by atoms with Crippen molar-refractivity contribution >= 4 is 34.2 Å². The van der Waals surface area contributed by atoms with Gasteiger partial charge in [0.15, 0.2) is 5.75 Å². The van der Waals surface area contributed by atoms with E-state index in [4.69, 9.17) is 11.6 Å². The quantitative estimate of drug-likeness (QED) is 0.316. The molecule has 102 valence electrons. The molecule has 0 saturated carbocycles. The predicted molar refractivity (Wildman–Crippen MR) is 58.2 cm³/mol. The minimum Gasteiger partial charge on any atom is -0.403 e. The maximum Gasteiger partial charge on any atom is 0.573 e. The Morgan fingerprint density at radius 3 is 2.17 bits per heavy atom. The molecule has 0 saturated heterocycles. The van der Waals surface area contributed by atoms with Gasteiger partial charge in [0.25, 0.3) is 0 Å². The summed E-state index contributed by atoms with van der Waals surface area (Å²) in [5, 5.41) is 0. The number of rotatable bonds is 2. The number of hydrogen-bond donors (Lipinski definition) is 0. The van der Waals surface area contributed by atoms with E-state index in [1.165, 1.54) is 22.6 Å². The van der Waals surface area contributed by atoms with Gasteiger partial charge in [-0.15, -0.1) is 24.8 Å². The van der Waals surface area contributed by atoms with Crippen LogP contribution in [0.5, 0.6) is 5.75 Å². The summed E-state index contributed by atoms with van der Waals surface area (Å²) < 4.78 is 76.6. The van der Waals surface area contributed by atoms with Gasteiger partial charge in [-0.05, 0) is 28.7 Å². The molecule has 10 heteroatoms. The molecule has 0 radical (unpaired) electrons. The summed E-state index contributed by atoms with van der Waals surface area (Å²) in [6, 6.07) is 0.236. The highest BCUT2D eigenvalue weighted by atomic mass is 127. The number of halogens is 8. The molecule has 1 aromatic heterocycles. The molecule has 18 heavy (non-hydrogen) atoms. The zero-order valence-corrected chi connectivity index (χ0v) is 11.1. The summed E-state index contributed by atoms with van der Waals surface area (Å²) >= 11 is 6.60. The molecule has 0 aliphatic heterocycles. The van der Waals surface area contributed by atoms with Crippen LogP contribution in [0.4, 0.5) is 26.3 Å². The Balaban J connectivity index is 3.31. The smallest absolute Gasteiger partial charge is 0.403 e. The van der Waals surface area contributed by atoms with Crippen LogP contribution in [-0.4, -0.2) is 11.3 Å². The Morgan fingerprint density at radius 1 is 1.22 bits per heavy atom. The third kappa shape index (κ3) is 4.04. The lowest BCUT2D eigenvalue weighted by Crippen LogP contribution is -2.20. The average molecular weight is 405 g/mol. The second-order valence-corrected chi connectivity index (χ2v) is 4.24. The van der Waals surface area contributed by atoms with Crippen molar-refractivity contribution in [3.8, 4) is 5.75 Å². The van der Waals surface area contributed by atoms with Crippen molar-refractivity contribution in [2.24, 2.45) is 0 Å². The number of aromatic nitrogens is 1. The molecule has 0 N–H and O–H groups in total. The third-order valence-electron chi connectivity index (χ3n) is 1.68. The summed E-state index contributed by atoms with van der Waals surface area (Å²) in [5.41, 5.74) is -1.90. The van der Waals surface area contributed by atoms with Crippen molar-refractivity contribution in [1.29, 1.82) is 0 Å². The minimum atomic E-state index is -5.09. The van der Waals surface area contributed by atoms with Crippen molar-refractivity contribution < 1.29 is 31.1 Å². The zero-order chi connectivity index (χ0) is 14.1. The largest absolute Gasteiger partial charge is 0.573 e. The van der Waals surface area contributed by atoms with Gasteiger partial charge >= 0.3 is 12.5 Å². The van der Waals surface area contributed by atoms with Gasteiger partial charge in [-0.3, -0.25) is 0 Å². The Labute approximate surface area is 115 Å². The summed E-state index contributed by atoms with van der Waals surface area (Å²) in [6.45, 7) is 0. The number of alkyl halides is 7. The van der Waals surface area contributed by atoms with Gasteiger partial charge < -0.3 is 4.74 Å². The molecule has 2 nitrogen and oxygen atoms in total. The normalized spacial score (nSPS) is 12.7. The fourth-order valence-corrected chi connectivity index (χ4v) is 1.81. The average Bonchev–Trinajstić information content (AvgIpc) is 2.16. The zero-order valence-electron chi connectivity index (χ0n) is 8.16. The molecule has 1 aromatic rings. The van der Waals surface area contributed by atoms with Crippen molar-refractivity contribution in [1.82, 2.24) is 4.98 Å². The lowest BCUT2D eigenvalue weighted by molar-refractivity contribution is -0.275. The van der Waals surface area contributed by atoms with E-state index in [0.717, 1.165) is 0 Å². The summed E-state index contributed by atoms with van der Waals surface area (Å²) in [7, 11) is 0. The molecule has 0 atom stereocenters. The number of nitrogens with zero attached hydrogens (tertiary/aromatic N) is 1. The van der Waals surface area contributed by atoms with Gasteiger partial charge in [-0.25, -0.2) is 4.98 Å². The molecular weight excluding hydrogens is 402 g/mol. The monoisotopic (exact) mass is 405 g/mol. The van der Waals surface area contributed by atoms with Crippen LogP contribution in [0.15, 0.2) is 6.07 Å². The summed E-state index contributed by atoms with van der Waals surface area (Å²) in [5.74, 6) is -1.58. The summed E-state index contributed by atoms with van der Waals surface area (Å²) in [6.07, 6.45) is -9.95. The fourth-order valence-electron chi connectivity index (χ4n) is 1.05. The first kappa shape index (κ1) is 15.6. The van der Waals surface area contributed by atoms with E-state index in [9.17, 15) is 26.3 Å². The second kappa shape index (κ2) is 5.27. The first-order chi connectivity index (χ1) is 8.04. The van der Waals surface area contributed by atoms with E-state index in [1.807, 2.05) is 0 Å². The Bertz CT molecular complexity index is 446. The molecule has 0 aliphatic carbocycles. The minimum absolute atomic E-state index is 0.236. The van der Waals surface area contributed by atoms with E-state index < -0.39 is 35.4 Å². The summed E-state index contributed by atoms with van der Waals surface area (Å²) in [4.78, 5) is 3.35. The third-order valence-corrected chi connectivity index (χ3v) is 2.71. The molecule has 0 bridgehead atoms. The standard InChI is InChI=1S/C8H3ClF6INO/c9-2-4-3(7(10,11)12)1-5(6(16)17-4)18-8(13,14)15/h1H,2H2.